The molecule has 1 saturated carbocycles. The number of nitrogens with two attached hydrogens (primary N) is 1. The second kappa shape index (κ2) is 4.91. The fourth-order valence-electron chi connectivity index (χ4n) is 2.68. The first-order valence-electron chi connectivity index (χ1n) is 5.85. The maximum atomic E-state index is 13.5. The molecule has 3 heteroatoms. The first kappa shape index (κ1) is 11.5. The Labute approximate surface area is 94.7 Å². The average molecular weight is 225 g/mol. The summed E-state index contributed by atoms with van der Waals surface area (Å²) in [5.74, 6) is -0.547. The zero-order valence-corrected chi connectivity index (χ0v) is 9.26. The van der Waals surface area contributed by atoms with Crippen LogP contribution >= 0.6 is 0 Å². The highest BCUT2D eigenvalue weighted by atomic mass is 19.2. The quantitative estimate of drug-likeness (QED) is 0.841. The summed E-state index contributed by atoms with van der Waals surface area (Å²) in [6.45, 7) is 0.654. The predicted octanol–water partition coefficient (Wildman–Crippen LogP) is 2.88. The number of hydrogen-bond donors (Lipinski definition) is 1. The third-order valence-corrected chi connectivity index (χ3v) is 3.63. The van der Waals surface area contributed by atoms with Gasteiger partial charge in [0.25, 0.3) is 0 Å². The molecule has 1 aromatic rings. The molecule has 1 aromatic carbocycles. The van der Waals surface area contributed by atoms with Crippen molar-refractivity contribution in [2.24, 2.45) is 17.6 Å². The monoisotopic (exact) mass is 225 g/mol. The van der Waals surface area contributed by atoms with Crippen molar-refractivity contribution in [1.29, 1.82) is 0 Å². The molecule has 2 atom stereocenters. The summed E-state index contributed by atoms with van der Waals surface area (Å²) in [6, 6.07) is 4.40. The predicted molar refractivity (Wildman–Crippen MR) is 59.9 cm³/mol. The molecular weight excluding hydrogens is 208 g/mol. The van der Waals surface area contributed by atoms with E-state index in [0.717, 1.165) is 25.3 Å². The van der Waals surface area contributed by atoms with E-state index in [1.54, 1.807) is 12.1 Å². The van der Waals surface area contributed by atoms with Crippen LogP contribution in [0, 0.1) is 23.5 Å². The van der Waals surface area contributed by atoms with Gasteiger partial charge in [0.15, 0.2) is 11.6 Å². The Morgan fingerprint density at radius 3 is 2.69 bits per heavy atom. The molecule has 0 saturated heterocycles. The van der Waals surface area contributed by atoms with Gasteiger partial charge in [-0.05, 0) is 49.3 Å². The lowest BCUT2D eigenvalue weighted by molar-refractivity contribution is 0.385. The highest BCUT2D eigenvalue weighted by Gasteiger charge is 2.27. The zero-order chi connectivity index (χ0) is 11.5. The molecule has 0 aliphatic heterocycles. The fourth-order valence-corrected chi connectivity index (χ4v) is 2.68. The van der Waals surface area contributed by atoms with Crippen LogP contribution in [0.25, 0.3) is 0 Å². The molecule has 88 valence electrons. The molecule has 0 bridgehead atoms. The van der Waals surface area contributed by atoms with E-state index < -0.39 is 11.6 Å². The number of hydrogen-bond acceptors (Lipinski definition) is 1. The average Bonchev–Trinajstić information content (AvgIpc) is 2.72. The van der Waals surface area contributed by atoms with Gasteiger partial charge in [-0.1, -0.05) is 18.6 Å². The summed E-state index contributed by atoms with van der Waals surface area (Å²) in [6.07, 6.45) is 3.98. The van der Waals surface area contributed by atoms with Crippen LogP contribution in [-0.2, 0) is 6.42 Å². The molecule has 1 fully saturated rings. The van der Waals surface area contributed by atoms with Crippen LogP contribution in [0.5, 0.6) is 0 Å². The molecule has 1 aliphatic carbocycles. The van der Waals surface area contributed by atoms with Gasteiger partial charge >= 0.3 is 0 Å². The lowest BCUT2D eigenvalue weighted by atomic mass is 9.89. The molecular formula is C13H17F2N. The molecule has 0 amide bonds. The first-order chi connectivity index (χ1) is 7.72. The van der Waals surface area contributed by atoms with Crippen LogP contribution in [0.1, 0.15) is 24.8 Å². The second-order valence-corrected chi connectivity index (χ2v) is 4.60. The van der Waals surface area contributed by atoms with Gasteiger partial charge in [0, 0.05) is 0 Å². The lowest BCUT2D eigenvalue weighted by Crippen LogP contribution is -2.20. The van der Waals surface area contributed by atoms with Crippen LogP contribution in [0.3, 0.4) is 0 Å². The summed E-state index contributed by atoms with van der Waals surface area (Å²) < 4.78 is 26.5. The molecule has 1 nitrogen and oxygen atoms in total. The Balaban J connectivity index is 2.11. The van der Waals surface area contributed by atoms with Gasteiger partial charge in [-0.3, -0.25) is 0 Å². The van der Waals surface area contributed by atoms with Crippen molar-refractivity contribution in [3.63, 3.8) is 0 Å². The summed E-state index contributed by atoms with van der Waals surface area (Å²) in [5, 5.41) is 0. The summed E-state index contributed by atoms with van der Waals surface area (Å²) in [5.41, 5.74) is 6.17. The summed E-state index contributed by atoms with van der Waals surface area (Å²) >= 11 is 0. The number of halogens is 2. The number of benzene rings is 1. The minimum Gasteiger partial charge on any atom is -0.330 e. The van der Waals surface area contributed by atoms with Gasteiger partial charge in [-0.2, -0.15) is 0 Å². The maximum Gasteiger partial charge on any atom is 0.162 e. The molecule has 0 heterocycles. The van der Waals surface area contributed by atoms with Crippen LogP contribution in [0.15, 0.2) is 18.2 Å². The van der Waals surface area contributed by atoms with Crippen molar-refractivity contribution in [2.75, 3.05) is 6.54 Å². The molecule has 2 rings (SSSR count). The van der Waals surface area contributed by atoms with Gasteiger partial charge in [0.2, 0.25) is 0 Å². The first-order valence-corrected chi connectivity index (χ1v) is 5.85. The standard InChI is InChI=1S/C13H17F2N/c14-12-6-2-4-10(13(12)15)7-9-3-1-5-11(9)8-16/h2,4,6,9,11H,1,3,5,7-8,16H2. The Morgan fingerprint density at radius 1 is 1.19 bits per heavy atom. The van der Waals surface area contributed by atoms with Crippen molar-refractivity contribution in [3.05, 3.63) is 35.4 Å². The lowest BCUT2D eigenvalue weighted by Gasteiger charge is -2.18. The largest absolute Gasteiger partial charge is 0.330 e. The minimum atomic E-state index is -0.750. The van der Waals surface area contributed by atoms with Gasteiger partial charge in [0.1, 0.15) is 0 Å². The van der Waals surface area contributed by atoms with Crippen molar-refractivity contribution in [1.82, 2.24) is 0 Å². The van der Waals surface area contributed by atoms with Crippen LogP contribution in [0.2, 0.25) is 0 Å². The molecule has 0 aromatic heterocycles. The van der Waals surface area contributed by atoms with Crippen molar-refractivity contribution in [3.8, 4) is 0 Å². The van der Waals surface area contributed by atoms with E-state index in [1.165, 1.54) is 0 Å². The SMILES string of the molecule is NCC1CCCC1Cc1cccc(F)c1F. The van der Waals surface area contributed by atoms with Gasteiger partial charge in [0.05, 0.1) is 0 Å². The van der Waals surface area contributed by atoms with Crippen molar-refractivity contribution >= 4 is 0 Å². The molecule has 2 unspecified atom stereocenters. The maximum absolute atomic E-state index is 13.5. The van der Waals surface area contributed by atoms with E-state index in [1.807, 2.05) is 0 Å². The molecule has 0 spiro atoms. The molecule has 0 radical (unpaired) electrons. The topological polar surface area (TPSA) is 26.0 Å². The van der Waals surface area contributed by atoms with Crippen LogP contribution < -0.4 is 5.73 Å². The minimum absolute atomic E-state index is 0.418. The van der Waals surface area contributed by atoms with Crippen molar-refractivity contribution in [2.45, 2.75) is 25.7 Å². The molecule has 2 N–H and O–H groups in total. The highest BCUT2D eigenvalue weighted by molar-refractivity contribution is 5.19. The van der Waals surface area contributed by atoms with E-state index in [2.05, 4.69) is 0 Å². The zero-order valence-electron chi connectivity index (χ0n) is 9.26. The third kappa shape index (κ3) is 2.24. The van der Waals surface area contributed by atoms with Crippen LogP contribution in [-0.4, -0.2) is 6.54 Å². The Morgan fingerprint density at radius 2 is 1.94 bits per heavy atom. The molecule has 1 aliphatic rings. The van der Waals surface area contributed by atoms with E-state index in [4.69, 9.17) is 5.73 Å². The van der Waals surface area contributed by atoms with E-state index in [0.29, 0.717) is 30.4 Å². The number of rotatable bonds is 3. The second-order valence-electron chi connectivity index (χ2n) is 4.60. The fraction of sp³-hybridized carbons (Fsp3) is 0.538. The smallest absolute Gasteiger partial charge is 0.162 e. The van der Waals surface area contributed by atoms with E-state index >= 15 is 0 Å². The van der Waals surface area contributed by atoms with Gasteiger partial charge in [-0.25, -0.2) is 8.78 Å². The Bertz CT molecular complexity index is 365. The highest BCUT2D eigenvalue weighted by Crippen LogP contribution is 2.34. The summed E-state index contributed by atoms with van der Waals surface area (Å²) in [7, 11) is 0. The third-order valence-electron chi connectivity index (χ3n) is 3.63. The van der Waals surface area contributed by atoms with E-state index in [9.17, 15) is 8.78 Å². The Kier molecular flexibility index (Phi) is 3.54. The van der Waals surface area contributed by atoms with E-state index in [-0.39, 0.29) is 0 Å². The van der Waals surface area contributed by atoms with Crippen molar-refractivity contribution < 1.29 is 8.78 Å². The van der Waals surface area contributed by atoms with Crippen LogP contribution in [0.4, 0.5) is 8.78 Å². The normalized spacial score (nSPS) is 24.9. The Hall–Kier alpha value is -0.960. The van der Waals surface area contributed by atoms with Gasteiger partial charge in [-0.15, -0.1) is 0 Å². The van der Waals surface area contributed by atoms with Gasteiger partial charge < -0.3 is 5.73 Å². The molecule has 16 heavy (non-hydrogen) atoms. The summed E-state index contributed by atoms with van der Waals surface area (Å²) in [4.78, 5) is 0.